The van der Waals surface area contributed by atoms with Crippen LogP contribution in [0.1, 0.15) is 0 Å². The van der Waals surface area contributed by atoms with Gasteiger partial charge in [-0.2, -0.15) is 13.7 Å². The van der Waals surface area contributed by atoms with Gasteiger partial charge in [-0.1, -0.05) is 0 Å². The summed E-state index contributed by atoms with van der Waals surface area (Å²) in [5.41, 5.74) is 0. The lowest BCUT2D eigenvalue weighted by Gasteiger charge is -2.24. The lowest BCUT2D eigenvalue weighted by atomic mass is 10.0. The molecule has 0 aliphatic carbocycles. The fourth-order valence-electron chi connectivity index (χ4n) is 0.903. The van der Waals surface area contributed by atoms with Gasteiger partial charge < -0.3 is 20.4 Å². The minimum Gasteiger partial charge on any atom is -0.394 e. The van der Waals surface area contributed by atoms with Gasteiger partial charge in [0.1, 0.15) is 18.3 Å². The van der Waals surface area contributed by atoms with E-state index in [-0.39, 0.29) is 0 Å². The molecule has 0 rings (SSSR count). The third kappa shape index (κ3) is 4.84. The highest BCUT2D eigenvalue weighted by molar-refractivity contribution is 7.86. The van der Waals surface area contributed by atoms with Crippen LogP contribution >= 0.6 is 0 Å². The van der Waals surface area contributed by atoms with Crippen molar-refractivity contribution in [3.8, 4) is 6.07 Å². The maximum Gasteiger partial charge on any atom is 0.264 e. The second-order valence-electron chi connectivity index (χ2n) is 3.08. The van der Waals surface area contributed by atoms with Crippen molar-refractivity contribution in [1.82, 2.24) is 0 Å². The molecule has 0 aliphatic heterocycles. The Bertz CT molecular complexity index is 348. The van der Waals surface area contributed by atoms with Crippen molar-refractivity contribution in [1.29, 1.82) is 5.26 Å². The first-order valence-electron chi connectivity index (χ1n) is 4.16. The van der Waals surface area contributed by atoms with Crippen molar-refractivity contribution in [2.75, 3.05) is 12.9 Å². The van der Waals surface area contributed by atoms with Crippen LogP contribution in [-0.4, -0.2) is 66.1 Å². The van der Waals surface area contributed by atoms with Crippen LogP contribution in [0.2, 0.25) is 0 Å². The van der Waals surface area contributed by atoms with Crippen molar-refractivity contribution in [3.63, 3.8) is 0 Å². The number of hydrogen-bond donors (Lipinski definition) is 4. The number of nitrogens with zero attached hydrogens (tertiary/aromatic N) is 1. The molecule has 0 radical (unpaired) electrons. The van der Waals surface area contributed by atoms with Gasteiger partial charge in [-0.25, -0.2) is 0 Å². The summed E-state index contributed by atoms with van der Waals surface area (Å²) >= 11 is 0. The first kappa shape index (κ1) is 15.2. The molecule has 0 amide bonds. The fourth-order valence-corrected chi connectivity index (χ4v) is 1.53. The Hall–Kier alpha value is -0.760. The molecule has 0 aromatic carbocycles. The molecule has 0 heterocycles. The van der Waals surface area contributed by atoms with Crippen molar-refractivity contribution in [2.24, 2.45) is 0 Å². The Morgan fingerprint density at radius 2 is 1.81 bits per heavy atom. The summed E-state index contributed by atoms with van der Waals surface area (Å²) in [6.45, 7) is -0.899. The van der Waals surface area contributed by atoms with Crippen molar-refractivity contribution in [3.05, 3.63) is 0 Å². The highest BCUT2D eigenvalue weighted by Gasteiger charge is 2.33. The van der Waals surface area contributed by atoms with Gasteiger partial charge in [-0.05, 0) is 0 Å². The molecular formula is C7H13NO7S. The molecule has 8 nitrogen and oxygen atoms in total. The molecule has 0 aliphatic rings. The van der Waals surface area contributed by atoms with Gasteiger partial charge in [-0.15, -0.1) is 0 Å². The summed E-state index contributed by atoms with van der Waals surface area (Å²) in [4.78, 5) is 0. The number of rotatable bonds is 6. The fraction of sp³-hybridized carbons (Fsp3) is 0.857. The molecule has 4 N–H and O–H groups in total. The number of aliphatic hydroxyl groups is 4. The first-order valence-corrected chi connectivity index (χ1v) is 5.97. The number of hydrogen-bond acceptors (Lipinski definition) is 8. The first-order chi connectivity index (χ1) is 7.22. The average molecular weight is 255 g/mol. The summed E-state index contributed by atoms with van der Waals surface area (Å²) in [7, 11) is -3.94. The van der Waals surface area contributed by atoms with E-state index in [9.17, 15) is 18.6 Å². The van der Waals surface area contributed by atoms with E-state index in [2.05, 4.69) is 4.18 Å². The van der Waals surface area contributed by atoms with E-state index in [1.54, 1.807) is 0 Å². The van der Waals surface area contributed by atoms with Crippen LogP contribution in [0.5, 0.6) is 0 Å². The Kier molecular flexibility index (Phi) is 5.80. The van der Waals surface area contributed by atoms with Crippen LogP contribution in [0.4, 0.5) is 0 Å². The molecule has 0 saturated carbocycles. The minimum atomic E-state index is -3.94. The molecule has 0 aromatic rings. The van der Waals surface area contributed by atoms with Crippen LogP contribution in [0.3, 0.4) is 0 Å². The van der Waals surface area contributed by atoms with Crippen LogP contribution in [0.15, 0.2) is 0 Å². The summed E-state index contributed by atoms with van der Waals surface area (Å²) in [5.74, 6) is 0. The standard InChI is InChI=1S/C7H13NO7S/c1-16(13,14)15-5(3-9)7(12)6(11)4(10)2-8/h4-7,9-12H,3H2,1H3. The number of aliphatic hydroxyl groups excluding tert-OH is 4. The normalized spacial score (nSPS) is 19.5. The van der Waals surface area contributed by atoms with Crippen LogP contribution < -0.4 is 0 Å². The zero-order valence-corrected chi connectivity index (χ0v) is 9.20. The van der Waals surface area contributed by atoms with Crippen molar-refractivity contribution in [2.45, 2.75) is 24.4 Å². The maximum atomic E-state index is 10.7. The maximum absolute atomic E-state index is 10.7. The topological polar surface area (TPSA) is 148 Å². The second kappa shape index (κ2) is 6.09. The Morgan fingerprint density at radius 1 is 1.31 bits per heavy atom. The summed E-state index contributed by atoms with van der Waals surface area (Å²) in [6, 6.07) is 1.25. The van der Waals surface area contributed by atoms with E-state index < -0.39 is 41.1 Å². The van der Waals surface area contributed by atoms with Crippen LogP contribution in [0.25, 0.3) is 0 Å². The molecule has 0 fully saturated rings. The Morgan fingerprint density at radius 3 is 2.12 bits per heavy atom. The quantitative estimate of drug-likeness (QED) is 0.288. The summed E-state index contributed by atoms with van der Waals surface area (Å²) < 4.78 is 25.7. The molecule has 9 heteroatoms. The van der Waals surface area contributed by atoms with E-state index in [1.807, 2.05) is 0 Å². The molecule has 0 saturated heterocycles. The summed E-state index contributed by atoms with van der Waals surface area (Å²) in [5, 5.41) is 44.4. The van der Waals surface area contributed by atoms with Crippen LogP contribution in [-0.2, 0) is 14.3 Å². The van der Waals surface area contributed by atoms with Crippen LogP contribution in [0, 0.1) is 11.3 Å². The lowest BCUT2D eigenvalue weighted by molar-refractivity contribution is -0.0932. The minimum absolute atomic E-state index is 0.690. The van der Waals surface area contributed by atoms with E-state index in [0.29, 0.717) is 6.26 Å². The molecule has 4 unspecified atom stereocenters. The Balaban J connectivity index is 4.67. The molecule has 0 bridgehead atoms. The molecule has 0 aromatic heterocycles. The van der Waals surface area contributed by atoms with E-state index in [1.165, 1.54) is 6.07 Å². The number of nitriles is 1. The molecular weight excluding hydrogens is 242 g/mol. The van der Waals surface area contributed by atoms with E-state index >= 15 is 0 Å². The zero-order valence-electron chi connectivity index (χ0n) is 8.39. The SMILES string of the molecule is CS(=O)(=O)OC(CO)C(O)C(O)C(O)C#N. The smallest absolute Gasteiger partial charge is 0.264 e. The predicted molar refractivity (Wildman–Crippen MR) is 50.4 cm³/mol. The molecule has 0 spiro atoms. The van der Waals surface area contributed by atoms with E-state index in [0.717, 1.165) is 0 Å². The summed E-state index contributed by atoms with van der Waals surface area (Å²) in [6.07, 6.45) is -6.71. The van der Waals surface area contributed by atoms with Gasteiger partial charge in [0.05, 0.1) is 18.9 Å². The molecule has 4 atom stereocenters. The lowest BCUT2D eigenvalue weighted by Crippen LogP contribution is -2.47. The van der Waals surface area contributed by atoms with Gasteiger partial charge in [0.2, 0.25) is 0 Å². The largest absolute Gasteiger partial charge is 0.394 e. The zero-order chi connectivity index (χ0) is 12.9. The van der Waals surface area contributed by atoms with Gasteiger partial charge in [0.15, 0.2) is 6.10 Å². The van der Waals surface area contributed by atoms with Gasteiger partial charge in [0, 0.05) is 0 Å². The van der Waals surface area contributed by atoms with Gasteiger partial charge in [-0.3, -0.25) is 4.18 Å². The van der Waals surface area contributed by atoms with Crippen molar-refractivity contribution < 1.29 is 33.0 Å². The third-order valence-corrected chi connectivity index (χ3v) is 2.26. The third-order valence-electron chi connectivity index (χ3n) is 1.66. The Labute approximate surface area is 92.4 Å². The second-order valence-corrected chi connectivity index (χ2v) is 4.68. The highest BCUT2D eigenvalue weighted by Crippen LogP contribution is 2.09. The highest BCUT2D eigenvalue weighted by atomic mass is 32.2. The van der Waals surface area contributed by atoms with Gasteiger partial charge >= 0.3 is 0 Å². The van der Waals surface area contributed by atoms with Gasteiger partial charge in [0.25, 0.3) is 10.1 Å². The molecule has 94 valence electrons. The molecule has 16 heavy (non-hydrogen) atoms. The predicted octanol–water partition coefficient (Wildman–Crippen LogP) is -3.07. The monoisotopic (exact) mass is 255 g/mol. The van der Waals surface area contributed by atoms with Crippen molar-refractivity contribution >= 4 is 10.1 Å². The van der Waals surface area contributed by atoms with E-state index in [4.69, 9.17) is 15.5 Å². The average Bonchev–Trinajstić information content (AvgIpc) is 2.21.